The predicted molar refractivity (Wildman–Crippen MR) is 46.5 cm³/mol. The molecule has 0 aromatic rings. The number of aliphatic hydroxyl groups is 1. The molecule has 0 aliphatic carbocycles. The Morgan fingerprint density at radius 2 is 2.27 bits per heavy atom. The topological polar surface area (TPSA) is 32.3 Å². The molecule has 0 spiro atoms. The van der Waals surface area contributed by atoms with E-state index in [1.165, 1.54) is 0 Å². The SMILES string of the molecule is CC(C)CC1NCCCC1O. The second kappa shape index (κ2) is 4.07. The third kappa shape index (κ3) is 2.80. The average Bonchev–Trinajstić information content (AvgIpc) is 1.93. The van der Waals surface area contributed by atoms with Crippen LogP contribution in [-0.4, -0.2) is 23.8 Å². The molecule has 0 saturated carbocycles. The Kier molecular flexibility index (Phi) is 3.34. The normalized spacial score (nSPS) is 32.7. The van der Waals surface area contributed by atoms with Crippen molar-refractivity contribution < 1.29 is 5.11 Å². The van der Waals surface area contributed by atoms with Gasteiger partial charge in [-0.15, -0.1) is 0 Å². The maximum absolute atomic E-state index is 9.56. The molecular formula is C9H19NO. The number of nitrogens with one attached hydrogen (secondary N) is 1. The first kappa shape index (κ1) is 9.01. The lowest BCUT2D eigenvalue weighted by molar-refractivity contribution is 0.0865. The molecule has 2 unspecified atom stereocenters. The molecule has 1 rings (SSSR count). The molecule has 0 aromatic heterocycles. The Balaban J connectivity index is 2.29. The predicted octanol–water partition coefficient (Wildman–Crippen LogP) is 1.15. The van der Waals surface area contributed by atoms with Crippen molar-refractivity contribution in [1.29, 1.82) is 0 Å². The van der Waals surface area contributed by atoms with Crippen LogP contribution in [0.2, 0.25) is 0 Å². The van der Waals surface area contributed by atoms with Gasteiger partial charge in [0.2, 0.25) is 0 Å². The molecule has 1 saturated heterocycles. The van der Waals surface area contributed by atoms with E-state index in [0.717, 1.165) is 25.8 Å². The number of hydrogen-bond donors (Lipinski definition) is 2. The molecule has 1 aliphatic rings. The summed E-state index contributed by atoms with van der Waals surface area (Å²) >= 11 is 0. The van der Waals surface area contributed by atoms with E-state index in [2.05, 4.69) is 19.2 Å². The second-order valence-corrected chi connectivity index (χ2v) is 3.90. The first-order chi connectivity index (χ1) is 5.20. The number of piperidine rings is 1. The molecule has 2 atom stereocenters. The van der Waals surface area contributed by atoms with Crippen LogP contribution >= 0.6 is 0 Å². The van der Waals surface area contributed by atoms with Crippen LogP contribution < -0.4 is 5.32 Å². The van der Waals surface area contributed by atoms with Gasteiger partial charge < -0.3 is 10.4 Å². The van der Waals surface area contributed by atoms with Crippen molar-refractivity contribution in [3.05, 3.63) is 0 Å². The van der Waals surface area contributed by atoms with Crippen LogP contribution in [-0.2, 0) is 0 Å². The third-order valence-corrected chi connectivity index (χ3v) is 2.27. The Bertz CT molecular complexity index is 114. The third-order valence-electron chi connectivity index (χ3n) is 2.27. The van der Waals surface area contributed by atoms with E-state index >= 15 is 0 Å². The quantitative estimate of drug-likeness (QED) is 0.630. The van der Waals surface area contributed by atoms with Gasteiger partial charge in [0.25, 0.3) is 0 Å². The van der Waals surface area contributed by atoms with Gasteiger partial charge in [0.05, 0.1) is 6.10 Å². The maximum atomic E-state index is 9.56. The van der Waals surface area contributed by atoms with Gasteiger partial charge in [-0.1, -0.05) is 13.8 Å². The molecule has 2 heteroatoms. The van der Waals surface area contributed by atoms with Gasteiger partial charge in [0.1, 0.15) is 0 Å². The molecule has 1 fully saturated rings. The summed E-state index contributed by atoms with van der Waals surface area (Å²) in [6.07, 6.45) is 3.09. The van der Waals surface area contributed by atoms with Crippen molar-refractivity contribution in [2.24, 2.45) is 5.92 Å². The number of hydrogen-bond acceptors (Lipinski definition) is 2. The molecule has 2 N–H and O–H groups in total. The highest BCUT2D eigenvalue weighted by molar-refractivity contribution is 4.81. The van der Waals surface area contributed by atoms with Gasteiger partial charge in [-0.3, -0.25) is 0 Å². The maximum Gasteiger partial charge on any atom is 0.0693 e. The van der Waals surface area contributed by atoms with Gasteiger partial charge in [0, 0.05) is 6.04 Å². The van der Waals surface area contributed by atoms with Crippen LogP contribution in [0.1, 0.15) is 33.1 Å². The van der Waals surface area contributed by atoms with E-state index in [1.807, 2.05) is 0 Å². The van der Waals surface area contributed by atoms with Crippen molar-refractivity contribution >= 4 is 0 Å². The smallest absolute Gasteiger partial charge is 0.0693 e. The van der Waals surface area contributed by atoms with Crippen molar-refractivity contribution in [1.82, 2.24) is 5.32 Å². The Morgan fingerprint density at radius 1 is 1.55 bits per heavy atom. The summed E-state index contributed by atoms with van der Waals surface area (Å²) < 4.78 is 0. The Hall–Kier alpha value is -0.0800. The lowest BCUT2D eigenvalue weighted by Gasteiger charge is -2.30. The zero-order valence-corrected chi connectivity index (χ0v) is 7.51. The van der Waals surface area contributed by atoms with Crippen LogP contribution in [0.15, 0.2) is 0 Å². The molecule has 0 bridgehead atoms. The van der Waals surface area contributed by atoms with Crippen LogP contribution in [0.3, 0.4) is 0 Å². The number of rotatable bonds is 2. The summed E-state index contributed by atoms with van der Waals surface area (Å²) in [4.78, 5) is 0. The zero-order valence-electron chi connectivity index (χ0n) is 7.51. The highest BCUT2D eigenvalue weighted by Crippen LogP contribution is 2.15. The van der Waals surface area contributed by atoms with E-state index in [-0.39, 0.29) is 6.10 Å². The van der Waals surface area contributed by atoms with E-state index < -0.39 is 0 Å². The Labute approximate surface area is 69.0 Å². The van der Waals surface area contributed by atoms with Crippen LogP contribution in [0, 0.1) is 5.92 Å². The monoisotopic (exact) mass is 157 g/mol. The lowest BCUT2D eigenvalue weighted by atomic mass is 9.94. The lowest BCUT2D eigenvalue weighted by Crippen LogP contribution is -2.45. The van der Waals surface area contributed by atoms with Crippen molar-refractivity contribution in [3.8, 4) is 0 Å². The highest BCUT2D eigenvalue weighted by Gasteiger charge is 2.22. The van der Waals surface area contributed by atoms with Gasteiger partial charge in [0.15, 0.2) is 0 Å². The Morgan fingerprint density at radius 3 is 2.82 bits per heavy atom. The molecule has 1 heterocycles. The summed E-state index contributed by atoms with van der Waals surface area (Å²) in [6, 6.07) is 0.351. The van der Waals surface area contributed by atoms with Gasteiger partial charge in [-0.2, -0.15) is 0 Å². The van der Waals surface area contributed by atoms with Crippen LogP contribution in [0.25, 0.3) is 0 Å². The molecule has 1 aliphatic heterocycles. The van der Waals surface area contributed by atoms with E-state index in [0.29, 0.717) is 12.0 Å². The minimum Gasteiger partial charge on any atom is -0.392 e. The summed E-state index contributed by atoms with van der Waals surface area (Å²) in [5.74, 6) is 0.681. The molecule has 0 aromatic carbocycles. The second-order valence-electron chi connectivity index (χ2n) is 3.90. The van der Waals surface area contributed by atoms with E-state index in [4.69, 9.17) is 0 Å². The van der Waals surface area contributed by atoms with Crippen molar-refractivity contribution in [3.63, 3.8) is 0 Å². The molecule has 2 nitrogen and oxygen atoms in total. The first-order valence-corrected chi connectivity index (χ1v) is 4.61. The van der Waals surface area contributed by atoms with Crippen LogP contribution in [0.5, 0.6) is 0 Å². The highest BCUT2D eigenvalue weighted by atomic mass is 16.3. The molecule has 66 valence electrons. The van der Waals surface area contributed by atoms with E-state index in [1.54, 1.807) is 0 Å². The number of aliphatic hydroxyl groups excluding tert-OH is 1. The van der Waals surface area contributed by atoms with Gasteiger partial charge in [-0.05, 0) is 31.7 Å². The fraction of sp³-hybridized carbons (Fsp3) is 1.00. The van der Waals surface area contributed by atoms with Crippen LogP contribution in [0.4, 0.5) is 0 Å². The fourth-order valence-corrected chi connectivity index (χ4v) is 1.68. The summed E-state index contributed by atoms with van der Waals surface area (Å²) in [5.41, 5.74) is 0. The summed E-state index contributed by atoms with van der Waals surface area (Å²) in [5, 5.41) is 12.9. The molecule has 11 heavy (non-hydrogen) atoms. The minimum absolute atomic E-state index is 0.105. The fourth-order valence-electron chi connectivity index (χ4n) is 1.68. The van der Waals surface area contributed by atoms with Gasteiger partial charge in [-0.25, -0.2) is 0 Å². The van der Waals surface area contributed by atoms with Crippen molar-refractivity contribution in [2.45, 2.75) is 45.3 Å². The van der Waals surface area contributed by atoms with E-state index in [9.17, 15) is 5.11 Å². The molecule has 0 radical (unpaired) electrons. The summed E-state index contributed by atoms with van der Waals surface area (Å²) in [7, 11) is 0. The average molecular weight is 157 g/mol. The largest absolute Gasteiger partial charge is 0.392 e. The minimum atomic E-state index is -0.105. The standard InChI is InChI=1S/C9H19NO/c1-7(2)6-8-9(11)4-3-5-10-8/h7-11H,3-6H2,1-2H3. The summed E-state index contributed by atoms with van der Waals surface area (Å²) in [6.45, 7) is 5.47. The van der Waals surface area contributed by atoms with Gasteiger partial charge >= 0.3 is 0 Å². The first-order valence-electron chi connectivity index (χ1n) is 4.61. The molecular weight excluding hydrogens is 138 g/mol. The zero-order chi connectivity index (χ0) is 8.27. The molecule has 0 amide bonds. The van der Waals surface area contributed by atoms with Crippen molar-refractivity contribution in [2.75, 3.05) is 6.54 Å².